The molecule has 3 aromatic rings. The van der Waals surface area contributed by atoms with Gasteiger partial charge in [-0.25, -0.2) is 34.5 Å². The third kappa shape index (κ3) is 26.9. The fourth-order valence-electron chi connectivity index (χ4n) is 9.00. The molecule has 0 saturated carbocycles. The van der Waals surface area contributed by atoms with Crippen molar-refractivity contribution < 1.29 is 79.6 Å². The van der Waals surface area contributed by atoms with Crippen LogP contribution in [-0.2, 0) is 60.0 Å². The summed E-state index contributed by atoms with van der Waals surface area (Å²) in [5.41, 5.74) is 1.84. The zero-order valence-electron chi connectivity index (χ0n) is 55.1. The van der Waals surface area contributed by atoms with Crippen LogP contribution in [0.4, 0.5) is 34.3 Å². The Kier molecular flexibility index (Phi) is 36.4. The number of fused-ring (bicyclic) bond motifs is 2. The predicted octanol–water partition coefficient (Wildman–Crippen LogP) is 9.85. The normalized spacial score (nSPS) is 16.2. The van der Waals surface area contributed by atoms with Crippen molar-refractivity contribution in [3.8, 4) is 6.01 Å². The second kappa shape index (κ2) is 40.0. The molecule has 516 valence electrons. The molecule has 2 fully saturated rings. The van der Waals surface area contributed by atoms with Gasteiger partial charge < -0.3 is 77.0 Å². The van der Waals surface area contributed by atoms with Gasteiger partial charge >= 0.3 is 37.7 Å². The minimum absolute atomic E-state index is 0. The van der Waals surface area contributed by atoms with Crippen molar-refractivity contribution in [1.29, 1.82) is 0 Å². The van der Waals surface area contributed by atoms with Gasteiger partial charge in [-0.05, 0) is 139 Å². The van der Waals surface area contributed by atoms with Gasteiger partial charge in [0.1, 0.15) is 36.0 Å². The van der Waals surface area contributed by atoms with Crippen molar-refractivity contribution in [2.24, 2.45) is 0 Å². The number of ether oxygens (including phenoxy) is 4. The molecule has 1 unspecified atom stereocenters. The minimum atomic E-state index is -4.04. The SMILES string of the molecule is CCOC(=O)C(F)P(=O)(OCC)OCC.CN(C/C=C(/F)C(=O)O)C(=O)OC(C)(C)C.CN(CC=O)C(=O)OC(C)(C)C.S.S.[C-]#[N+]C[C@H]1CN(c2nc(OC[C@@H]3CCCN3C)nc3c2CCN(c2cccc4cccc(Cl)c24)C3)CCN1C(=O)/C(F)=C\CN(C)C. The van der Waals surface area contributed by atoms with Crippen molar-refractivity contribution in [2.75, 3.05) is 130 Å². The van der Waals surface area contributed by atoms with Gasteiger partial charge in [-0.2, -0.15) is 41.3 Å². The van der Waals surface area contributed by atoms with Gasteiger partial charge in [-0.3, -0.25) is 9.36 Å². The number of carbonyl (C=O) groups excluding carboxylic acids is 5. The number of anilines is 2. The predicted molar refractivity (Wildman–Crippen MR) is 358 cm³/mol. The summed E-state index contributed by atoms with van der Waals surface area (Å²) in [5.74, 6) is -7.24. The summed E-state index contributed by atoms with van der Waals surface area (Å²) >= 11 is 6.71. The zero-order valence-corrected chi connectivity index (χ0v) is 58.8. The molecule has 3 amide bonds. The first kappa shape index (κ1) is 83.6. The lowest BCUT2D eigenvalue weighted by atomic mass is 10.0. The summed E-state index contributed by atoms with van der Waals surface area (Å²) in [5, 5.41) is 11.1. The highest BCUT2D eigenvalue weighted by molar-refractivity contribution is 7.59. The van der Waals surface area contributed by atoms with Gasteiger partial charge in [0, 0.05) is 76.0 Å². The number of aromatic nitrogens is 2. The number of aliphatic carboxylic acids is 1. The standard InChI is InChI=1S/C35H42ClFN8O2.C10H16FNO4.C8H16FO5P.C8H15NO3.2H2S/c1-38-20-26-21-44(18-19-45(26)34(46)29(37)14-16-41(2)3)33-27-13-17-43(31-12-6-9-24-8-5-11-28(36)32(24)31)22-30(27)39-35(40-33)47-23-25-10-7-15-42(25)4;1-10(2,3)16-9(15)12(4)6-5-7(11)8(13)14;1-4-12-8(10)7(9)15(11,13-5-2)14-6-3;1-8(2,3)12-7(11)9(4)5-6-10;;/h5-6,8-9,11-12,14,25-26H,7,10,13,15-23H2,2-4H3;5H,6H2,1-4H3,(H,13,14);7H,4-6H2,1-3H3;6H,5H2,1-4H3;2*1H2/b29-14+;7-5+;;;;/t25-,26-;;;;;/m0...../s1. The zero-order chi connectivity index (χ0) is 67.7. The molecule has 3 atom stereocenters. The number of amides is 3. The van der Waals surface area contributed by atoms with Crippen LogP contribution >= 0.6 is 46.2 Å². The van der Waals surface area contributed by atoms with Gasteiger partial charge in [0.05, 0.1) is 43.6 Å². The Morgan fingerprint density at radius 1 is 0.826 bits per heavy atom. The second-order valence-corrected chi connectivity index (χ2v) is 25.5. The Bertz CT molecular complexity index is 3050. The summed E-state index contributed by atoms with van der Waals surface area (Å²) < 4.78 is 82.6. The van der Waals surface area contributed by atoms with Gasteiger partial charge in [-0.15, -0.1) is 0 Å². The van der Waals surface area contributed by atoms with Crippen LogP contribution in [0.2, 0.25) is 5.02 Å². The molecule has 3 aliphatic rings. The highest BCUT2D eigenvalue weighted by atomic mass is 35.5. The second-order valence-electron chi connectivity index (χ2n) is 23.1. The average molecular weight is 1380 g/mol. The van der Waals surface area contributed by atoms with Crippen LogP contribution in [0, 0.1) is 6.57 Å². The van der Waals surface area contributed by atoms with Crippen LogP contribution in [0.15, 0.2) is 60.2 Å². The van der Waals surface area contributed by atoms with Crippen molar-refractivity contribution in [3.05, 3.63) is 87.9 Å². The Morgan fingerprint density at radius 2 is 1.41 bits per heavy atom. The van der Waals surface area contributed by atoms with Crippen LogP contribution in [0.25, 0.3) is 15.6 Å². The third-order valence-electron chi connectivity index (χ3n) is 13.3. The molecule has 92 heavy (non-hydrogen) atoms. The van der Waals surface area contributed by atoms with E-state index < -0.39 is 72.4 Å². The summed E-state index contributed by atoms with van der Waals surface area (Å²) in [7, 11) is 4.62. The van der Waals surface area contributed by atoms with Crippen LogP contribution in [0.5, 0.6) is 6.01 Å². The molecule has 3 aliphatic heterocycles. The van der Waals surface area contributed by atoms with Gasteiger partial charge in [-0.1, -0.05) is 35.9 Å². The maximum Gasteiger partial charge on any atom is 0.410 e. The number of aldehydes is 1. The van der Waals surface area contributed by atoms with Crippen LogP contribution in [0.1, 0.15) is 86.4 Å². The molecule has 0 spiro atoms. The van der Waals surface area contributed by atoms with Crippen LogP contribution < -0.4 is 14.5 Å². The number of likely N-dealkylation sites (tertiary alicyclic amines) is 1. The quantitative estimate of drug-likeness (QED) is 0.0260. The van der Waals surface area contributed by atoms with Crippen molar-refractivity contribution >= 4 is 105 Å². The minimum Gasteiger partial charge on any atom is -0.476 e. The van der Waals surface area contributed by atoms with Crippen molar-refractivity contribution in [2.45, 2.75) is 117 Å². The smallest absolute Gasteiger partial charge is 0.410 e. The molecule has 1 N–H and O–H groups in total. The Hall–Kier alpha value is -6.38. The number of carboxylic acid groups (broad SMARTS) is 1. The van der Waals surface area contributed by atoms with Crippen molar-refractivity contribution in [3.63, 3.8) is 0 Å². The number of alkyl halides is 1. The number of esters is 1. The van der Waals surface area contributed by atoms with E-state index in [9.17, 15) is 46.5 Å². The number of benzene rings is 2. The number of hydrogen-bond acceptors (Lipinski definition) is 19. The molecule has 2 aromatic carbocycles. The molecule has 6 rings (SSSR count). The van der Waals surface area contributed by atoms with Crippen molar-refractivity contribution in [1.82, 2.24) is 34.5 Å². The van der Waals surface area contributed by atoms with E-state index in [0.717, 1.165) is 70.4 Å². The number of nitrogens with zero attached hydrogens (tertiary/aromatic N) is 10. The lowest BCUT2D eigenvalue weighted by molar-refractivity contribution is -0.146. The van der Waals surface area contributed by atoms with Gasteiger partial charge in [0.25, 0.3) is 11.8 Å². The molecule has 4 heterocycles. The van der Waals surface area contributed by atoms with Crippen LogP contribution in [0.3, 0.4) is 0 Å². The molecule has 0 bridgehead atoms. The van der Waals surface area contributed by atoms with E-state index in [1.807, 2.05) is 26.2 Å². The fourth-order valence-corrected chi connectivity index (χ4v) is 10.7. The lowest BCUT2D eigenvalue weighted by Crippen LogP contribution is -2.57. The number of carbonyl (C=O) groups is 6. The van der Waals surface area contributed by atoms with E-state index in [2.05, 4.69) is 64.6 Å². The number of piperazine rings is 1. The maximum absolute atomic E-state index is 14.9. The molecule has 0 radical (unpaired) electrons. The van der Waals surface area contributed by atoms with E-state index >= 15 is 0 Å². The molecule has 24 nitrogen and oxygen atoms in total. The number of likely N-dealkylation sites (N-methyl/N-ethyl adjacent to an activating group) is 4. The summed E-state index contributed by atoms with van der Waals surface area (Å²) in [6.45, 7) is 26.9. The average Bonchev–Trinajstić information content (AvgIpc) is 0.788. The molecular formula is C61H93ClF3N10O14PS2. The number of hydrogen-bond donors (Lipinski definition) is 1. The Labute approximate surface area is 557 Å². The maximum atomic E-state index is 14.9. The lowest BCUT2D eigenvalue weighted by Gasteiger charge is -2.41. The van der Waals surface area contributed by atoms with E-state index in [-0.39, 0.29) is 73.0 Å². The summed E-state index contributed by atoms with van der Waals surface area (Å²) in [6, 6.07) is 12.3. The van der Waals surface area contributed by atoms with Gasteiger partial charge in [0.2, 0.25) is 12.4 Å². The van der Waals surface area contributed by atoms with E-state index in [0.29, 0.717) is 62.6 Å². The van der Waals surface area contributed by atoms with E-state index in [4.69, 9.17) is 47.5 Å². The first-order chi connectivity index (χ1) is 42.2. The summed E-state index contributed by atoms with van der Waals surface area (Å²) in [6.07, 6.45) is 4.54. The summed E-state index contributed by atoms with van der Waals surface area (Å²) in [4.78, 5) is 92.6. The number of carboxylic acids is 1. The largest absolute Gasteiger partial charge is 0.476 e. The van der Waals surface area contributed by atoms with E-state index in [1.165, 1.54) is 50.7 Å². The third-order valence-corrected chi connectivity index (χ3v) is 15.7. The monoisotopic (exact) mass is 1380 g/mol. The number of halogens is 4. The number of rotatable bonds is 21. The molecule has 0 aliphatic carbocycles. The topological polar surface area (TPSA) is 248 Å². The highest BCUT2D eigenvalue weighted by Gasteiger charge is 2.43. The molecular weight excluding hydrogens is 1280 g/mol. The fraction of sp³-hybridized carbons (Fsp3) is 0.590. The van der Waals surface area contributed by atoms with E-state index in [1.54, 1.807) is 46.4 Å². The first-order valence-corrected chi connectivity index (χ1v) is 31.4. The highest BCUT2D eigenvalue weighted by Crippen LogP contribution is 2.54. The molecule has 2 saturated heterocycles. The Balaban J connectivity index is 0.000000769. The van der Waals surface area contributed by atoms with Gasteiger partial charge in [0.15, 0.2) is 5.83 Å². The first-order valence-electron chi connectivity index (χ1n) is 29.4. The van der Waals surface area contributed by atoms with Crippen LogP contribution in [-0.4, -0.2) is 226 Å². The Morgan fingerprint density at radius 3 is 1.93 bits per heavy atom. The molecule has 31 heteroatoms. The molecule has 1 aromatic heterocycles.